The minimum absolute atomic E-state index is 0.253. The van der Waals surface area contributed by atoms with Gasteiger partial charge in [-0.2, -0.15) is 0 Å². The maximum absolute atomic E-state index is 12.5. The van der Waals surface area contributed by atoms with Gasteiger partial charge >= 0.3 is 6.09 Å². The van der Waals surface area contributed by atoms with Gasteiger partial charge in [-0.25, -0.2) is 19.7 Å². The molecule has 0 bridgehead atoms. The summed E-state index contributed by atoms with van der Waals surface area (Å²) in [4.78, 5) is 32.2. The molecule has 1 saturated carbocycles. The van der Waals surface area contributed by atoms with Crippen LogP contribution in [0.1, 0.15) is 58.4 Å². The van der Waals surface area contributed by atoms with Gasteiger partial charge in [-0.3, -0.25) is 0 Å². The third-order valence-electron chi connectivity index (χ3n) is 6.94. The number of aryl methyl sites for hydroxylation is 1. The van der Waals surface area contributed by atoms with Gasteiger partial charge in [-0.1, -0.05) is 54.4 Å². The van der Waals surface area contributed by atoms with E-state index in [1.165, 1.54) is 37.7 Å². The number of anilines is 2. The van der Waals surface area contributed by atoms with E-state index < -0.39 is 5.60 Å². The third kappa shape index (κ3) is 6.43. The Morgan fingerprint density at radius 3 is 2.53 bits per heavy atom. The zero-order valence-electron chi connectivity index (χ0n) is 22.9. The van der Waals surface area contributed by atoms with Crippen LogP contribution in [0.15, 0.2) is 36.5 Å². The van der Waals surface area contributed by atoms with E-state index in [4.69, 9.17) is 14.7 Å². The number of carbonyl (C=O) groups excluding carboxylic acids is 1. The SMILES string of the molecule is Cc1cccc(-c2nc(N3CCN(C(=O)OC(C)(C)C)CC3)sc2-c2ccnc(NC3CCCCC3)n2)c1. The maximum Gasteiger partial charge on any atom is 0.410 e. The normalized spacial score (nSPS) is 16.9. The minimum Gasteiger partial charge on any atom is -0.444 e. The van der Waals surface area contributed by atoms with E-state index in [0.717, 1.165) is 27.0 Å². The van der Waals surface area contributed by atoms with Crippen LogP contribution >= 0.6 is 11.3 Å². The second kappa shape index (κ2) is 11.3. The number of piperazine rings is 1. The number of carbonyl (C=O) groups is 1. The van der Waals surface area contributed by atoms with Crippen LogP contribution in [0.3, 0.4) is 0 Å². The first-order valence-electron chi connectivity index (χ1n) is 13.7. The Hall–Kier alpha value is -3.20. The molecule has 0 radical (unpaired) electrons. The van der Waals surface area contributed by atoms with Gasteiger partial charge in [-0.15, -0.1) is 0 Å². The molecule has 2 aromatic heterocycles. The number of amides is 1. The molecule has 1 aliphatic carbocycles. The Morgan fingerprint density at radius 2 is 1.82 bits per heavy atom. The molecule has 1 aromatic carbocycles. The summed E-state index contributed by atoms with van der Waals surface area (Å²) in [5.41, 5.74) is 3.59. The topological polar surface area (TPSA) is 83.5 Å². The lowest BCUT2D eigenvalue weighted by Gasteiger charge is -2.35. The van der Waals surface area contributed by atoms with Crippen molar-refractivity contribution in [3.05, 3.63) is 42.1 Å². The monoisotopic (exact) mass is 534 g/mol. The summed E-state index contributed by atoms with van der Waals surface area (Å²) in [6, 6.07) is 10.9. The van der Waals surface area contributed by atoms with E-state index >= 15 is 0 Å². The molecule has 1 saturated heterocycles. The smallest absolute Gasteiger partial charge is 0.410 e. The number of rotatable bonds is 5. The zero-order chi connectivity index (χ0) is 26.7. The Labute approximate surface area is 229 Å². The predicted octanol–water partition coefficient (Wildman–Crippen LogP) is 6.38. The molecule has 38 heavy (non-hydrogen) atoms. The van der Waals surface area contributed by atoms with Gasteiger partial charge in [0.25, 0.3) is 0 Å². The molecular formula is C29H38N6O2S. The lowest BCUT2D eigenvalue weighted by molar-refractivity contribution is 0.0240. The molecule has 1 aliphatic heterocycles. The van der Waals surface area contributed by atoms with Crippen LogP contribution in [0.25, 0.3) is 21.8 Å². The van der Waals surface area contributed by atoms with Crippen LogP contribution in [0.2, 0.25) is 0 Å². The largest absolute Gasteiger partial charge is 0.444 e. The fourth-order valence-corrected chi connectivity index (χ4v) is 6.11. The average Bonchev–Trinajstić information content (AvgIpc) is 3.34. The van der Waals surface area contributed by atoms with Gasteiger partial charge in [0.05, 0.1) is 16.3 Å². The van der Waals surface area contributed by atoms with Crippen LogP contribution in [0.4, 0.5) is 15.9 Å². The molecule has 202 valence electrons. The molecule has 3 heterocycles. The van der Waals surface area contributed by atoms with Crippen LogP contribution in [-0.4, -0.2) is 63.8 Å². The van der Waals surface area contributed by atoms with E-state index in [9.17, 15) is 4.79 Å². The Bertz CT molecular complexity index is 1260. The number of aromatic nitrogens is 3. The number of benzene rings is 1. The summed E-state index contributed by atoms with van der Waals surface area (Å²) in [5.74, 6) is 0.686. The highest BCUT2D eigenvalue weighted by molar-refractivity contribution is 7.19. The van der Waals surface area contributed by atoms with Crippen molar-refractivity contribution in [2.45, 2.75) is 71.4 Å². The lowest BCUT2D eigenvalue weighted by Crippen LogP contribution is -2.50. The molecule has 2 aliphatic rings. The lowest BCUT2D eigenvalue weighted by atomic mass is 9.96. The van der Waals surface area contributed by atoms with Gasteiger partial charge < -0.3 is 19.9 Å². The maximum atomic E-state index is 12.5. The van der Waals surface area contributed by atoms with Crippen LogP contribution < -0.4 is 10.2 Å². The summed E-state index contributed by atoms with van der Waals surface area (Å²) < 4.78 is 5.57. The molecule has 0 spiro atoms. The van der Waals surface area contributed by atoms with E-state index in [-0.39, 0.29) is 6.09 Å². The molecular weight excluding hydrogens is 496 g/mol. The number of nitrogens with zero attached hydrogens (tertiary/aromatic N) is 5. The third-order valence-corrected chi connectivity index (χ3v) is 8.07. The molecule has 8 nitrogen and oxygen atoms in total. The van der Waals surface area contributed by atoms with Crippen molar-refractivity contribution in [1.29, 1.82) is 0 Å². The highest BCUT2D eigenvalue weighted by atomic mass is 32.1. The number of nitrogens with one attached hydrogen (secondary N) is 1. The van der Waals surface area contributed by atoms with Crippen molar-refractivity contribution in [3.8, 4) is 21.8 Å². The van der Waals surface area contributed by atoms with E-state index in [1.54, 1.807) is 16.2 Å². The quantitative estimate of drug-likeness (QED) is 0.407. The average molecular weight is 535 g/mol. The first-order valence-corrected chi connectivity index (χ1v) is 14.5. The Morgan fingerprint density at radius 1 is 1.05 bits per heavy atom. The number of hydrogen-bond acceptors (Lipinski definition) is 8. The zero-order valence-corrected chi connectivity index (χ0v) is 23.7. The fraction of sp³-hybridized carbons (Fsp3) is 0.517. The number of ether oxygens (including phenoxy) is 1. The van der Waals surface area contributed by atoms with Gasteiger partial charge in [0.15, 0.2) is 5.13 Å². The summed E-state index contributed by atoms with van der Waals surface area (Å²) in [6.45, 7) is 10.4. The van der Waals surface area contributed by atoms with Crippen molar-refractivity contribution < 1.29 is 9.53 Å². The molecule has 9 heteroatoms. The first kappa shape index (κ1) is 26.4. The highest BCUT2D eigenvalue weighted by Crippen LogP contribution is 2.40. The molecule has 2 fully saturated rings. The summed E-state index contributed by atoms with van der Waals surface area (Å²) in [7, 11) is 0. The van der Waals surface area contributed by atoms with Crippen molar-refractivity contribution in [3.63, 3.8) is 0 Å². The molecule has 1 amide bonds. The van der Waals surface area contributed by atoms with Crippen molar-refractivity contribution in [1.82, 2.24) is 19.9 Å². The van der Waals surface area contributed by atoms with E-state index in [2.05, 4.69) is 46.4 Å². The fourth-order valence-electron chi connectivity index (χ4n) is 5.00. The van der Waals surface area contributed by atoms with Crippen LogP contribution in [0, 0.1) is 6.92 Å². The van der Waals surface area contributed by atoms with Crippen molar-refractivity contribution in [2.24, 2.45) is 0 Å². The molecule has 0 unspecified atom stereocenters. The minimum atomic E-state index is -0.497. The Kier molecular flexibility index (Phi) is 7.83. The van der Waals surface area contributed by atoms with Crippen LogP contribution in [-0.2, 0) is 4.74 Å². The standard InChI is InChI=1S/C29H38N6O2S/c1-20-9-8-10-21(19-20)24-25(23-13-14-30-26(32-23)31-22-11-6-5-7-12-22)38-27(33-24)34-15-17-35(18-16-34)28(36)37-29(2,3)4/h8-10,13-14,19,22H,5-7,11-12,15-18H2,1-4H3,(H,30,31,32). The summed E-state index contributed by atoms with van der Waals surface area (Å²) in [6.07, 6.45) is 7.75. The van der Waals surface area contributed by atoms with Gasteiger partial charge in [0, 0.05) is 44.0 Å². The molecule has 1 N–H and O–H groups in total. The second-order valence-electron chi connectivity index (χ2n) is 11.2. The van der Waals surface area contributed by atoms with Crippen molar-refractivity contribution >= 4 is 28.5 Å². The van der Waals surface area contributed by atoms with Gasteiger partial charge in [0.2, 0.25) is 5.95 Å². The van der Waals surface area contributed by atoms with Crippen molar-refractivity contribution in [2.75, 3.05) is 36.4 Å². The highest BCUT2D eigenvalue weighted by Gasteiger charge is 2.28. The summed E-state index contributed by atoms with van der Waals surface area (Å²) in [5, 5.41) is 4.51. The molecule has 5 rings (SSSR count). The Balaban J connectivity index is 1.40. The predicted molar refractivity (Wildman–Crippen MR) is 154 cm³/mol. The van der Waals surface area contributed by atoms with Gasteiger partial charge in [-0.05, 0) is 52.7 Å². The summed E-state index contributed by atoms with van der Waals surface area (Å²) >= 11 is 1.66. The number of hydrogen-bond donors (Lipinski definition) is 1. The first-order chi connectivity index (χ1) is 18.2. The molecule has 0 atom stereocenters. The van der Waals surface area contributed by atoms with Gasteiger partial charge in [0.1, 0.15) is 5.60 Å². The second-order valence-corrected chi connectivity index (χ2v) is 12.2. The van der Waals surface area contributed by atoms with E-state index in [0.29, 0.717) is 38.2 Å². The number of thiazole rings is 1. The van der Waals surface area contributed by atoms with Crippen LogP contribution in [0.5, 0.6) is 0 Å². The van der Waals surface area contributed by atoms with E-state index in [1.807, 2.05) is 33.0 Å². The molecule has 3 aromatic rings.